The molecule has 5 rings (SSSR count). The zero-order valence-corrected chi connectivity index (χ0v) is 35.8. The van der Waals surface area contributed by atoms with E-state index in [1.54, 1.807) is 0 Å². The number of nitrogens with one attached hydrogen (secondary N) is 1. The molecule has 5 heterocycles. The van der Waals surface area contributed by atoms with E-state index < -0.39 is 214 Å². The van der Waals surface area contributed by atoms with Gasteiger partial charge in [0.05, 0.1) is 38.6 Å². The van der Waals surface area contributed by atoms with Crippen molar-refractivity contribution in [3.63, 3.8) is 0 Å². The van der Waals surface area contributed by atoms with E-state index in [0.717, 1.165) is 6.92 Å². The maximum absolute atomic E-state index is 12.8. The van der Waals surface area contributed by atoms with Crippen LogP contribution >= 0.6 is 0 Å². The second-order valence-corrected chi connectivity index (χ2v) is 17.3. The molecular formula is C34H55NO32S. The van der Waals surface area contributed by atoms with Gasteiger partial charge < -0.3 is 130 Å². The molecule has 68 heavy (non-hydrogen) atoms. The third-order valence-corrected chi connectivity index (χ3v) is 12.0. The highest BCUT2D eigenvalue weighted by atomic mass is 32.3. The smallest absolute Gasteiger partial charge is 0.397 e. The van der Waals surface area contributed by atoms with Crippen molar-refractivity contribution in [3.8, 4) is 0 Å². The number of hydrogen-bond donors (Lipinski definition) is 18. The quantitative estimate of drug-likeness (QED) is 0.0567. The van der Waals surface area contributed by atoms with Gasteiger partial charge in [-0.15, -0.1) is 0 Å². The van der Waals surface area contributed by atoms with Gasteiger partial charge in [0.2, 0.25) is 5.91 Å². The molecule has 1 amide bonds. The highest BCUT2D eigenvalue weighted by Gasteiger charge is 2.59. The van der Waals surface area contributed by atoms with Gasteiger partial charge in [-0.05, 0) is 0 Å². The Morgan fingerprint density at radius 3 is 1.81 bits per heavy atom. The summed E-state index contributed by atoms with van der Waals surface area (Å²) in [6.45, 7) is -3.24. The summed E-state index contributed by atoms with van der Waals surface area (Å²) in [6.07, 6.45) is -51.8. The van der Waals surface area contributed by atoms with E-state index in [9.17, 15) is 109 Å². The Morgan fingerprint density at radius 2 is 1.28 bits per heavy atom. The summed E-state index contributed by atoms with van der Waals surface area (Å²) < 4.78 is 85.4. The number of carbonyl (C=O) groups is 3. The second kappa shape index (κ2) is 22.8. The Hall–Kier alpha value is -2.64. The number of aliphatic hydroxyl groups is 14. The van der Waals surface area contributed by atoms with Crippen LogP contribution in [0.5, 0.6) is 0 Å². The third-order valence-electron chi connectivity index (χ3n) is 11.5. The van der Waals surface area contributed by atoms with Crippen molar-refractivity contribution >= 4 is 28.2 Å². The molecule has 0 aromatic carbocycles. The predicted octanol–water partition coefficient (Wildman–Crippen LogP) is -12.0. The molecule has 0 aromatic heterocycles. The number of hydrogen-bond acceptors (Lipinski definition) is 29. The molecule has 33 nitrogen and oxygen atoms in total. The zero-order chi connectivity index (χ0) is 50.9. The van der Waals surface area contributed by atoms with Crippen LogP contribution in [0.1, 0.15) is 13.3 Å². The monoisotopic (exact) mass is 1020 g/mol. The maximum atomic E-state index is 12.8. The first-order valence-corrected chi connectivity index (χ1v) is 21.7. The van der Waals surface area contributed by atoms with Crippen molar-refractivity contribution in [1.29, 1.82) is 0 Å². The van der Waals surface area contributed by atoms with E-state index >= 15 is 0 Å². The molecule has 34 heteroatoms. The summed E-state index contributed by atoms with van der Waals surface area (Å²) in [5.74, 6) is -7.93. The van der Waals surface area contributed by atoms with Crippen LogP contribution in [0, 0.1) is 0 Å². The SMILES string of the molecule is CC(=O)N[C@H]1[C@H]([C@H](O)[C@H](O)CO)O[C@@](OC[C@H]2O[C@@H](O[C@@H]3COC(O)[C@H](O)[C@H]3O)[C@H](O)[C@@H](O[C@@H]3O[C@H](CO)[C@H](O)[C@H](O[C@@H]4O[C@H](C(=O)O)[C@@H](O)[C@H](OS(=O)(=O)O)[C@H]4O)[C@H]3O)[C@H]2O)(C(=O)O)C[C@@H]1O. The van der Waals surface area contributed by atoms with Crippen LogP contribution in [0.4, 0.5) is 0 Å². The average Bonchev–Trinajstić information content (AvgIpc) is 3.26. The summed E-state index contributed by atoms with van der Waals surface area (Å²) in [6, 6.07) is -1.64. The molecule has 0 radical (unpaired) electrons. The fraction of sp³-hybridized carbons (Fsp3) is 0.912. The van der Waals surface area contributed by atoms with Gasteiger partial charge in [0.1, 0.15) is 104 Å². The van der Waals surface area contributed by atoms with E-state index in [1.165, 1.54) is 0 Å². The Bertz CT molecular complexity index is 1820. The minimum absolute atomic E-state index is 0.710. The summed E-state index contributed by atoms with van der Waals surface area (Å²) in [5, 5.41) is 171. The van der Waals surface area contributed by atoms with Crippen LogP contribution in [0.25, 0.3) is 0 Å². The van der Waals surface area contributed by atoms with Crippen LogP contribution in [0.15, 0.2) is 0 Å². The summed E-state index contributed by atoms with van der Waals surface area (Å²) >= 11 is 0. The van der Waals surface area contributed by atoms with Crippen molar-refractivity contribution < 1.29 is 156 Å². The Kier molecular flexibility index (Phi) is 18.9. The average molecular weight is 1020 g/mol. The lowest BCUT2D eigenvalue weighted by atomic mass is 9.88. The topological polar surface area (TPSA) is 534 Å². The van der Waals surface area contributed by atoms with Crippen molar-refractivity contribution in [1.82, 2.24) is 5.32 Å². The van der Waals surface area contributed by atoms with Gasteiger partial charge in [-0.25, -0.2) is 13.8 Å². The molecular weight excluding hydrogens is 966 g/mol. The molecule has 0 spiro atoms. The highest BCUT2D eigenvalue weighted by molar-refractivity contribution is 7.80. The Labute approximate surface area is 381 Å². The largest absolute Gasteiger partial charge is 0.479 e. The first-order chi connectivity index (χ1) is 31.7. The van der Waals surface area contributed by atoms with E-state index in [-0.39, 0.29) is 0 Å². The minimum atomic E-state index is -5.53. The molecule has 5 fully saturated rings. The molecule has 0 aromatic rings. The van der Waals surface area contributed by atoms with Gasteiger partial charge in [0, 0.05) is 13.3 Å². The van der Waals surface area contributed by atoms with E-state index in [1.807, 2.05) is 0 Å². The van der Waals surface area contributed by atoms with Gasteiger partial charge >= 0.3 is 22.3 Å². The number of carboxylic acid groups (broad SMARTS) is 2. The first kappa shape index (κ1) is 56.3. The molecule has 0 bridgehead atoms. The van der Waals surface area contributed by atoms with Crippen molar-refractivity contribution in [2.75, 3.05) is 26.4 Å². The number of carboxylic acids is 2. The fourth-order valence-electron chi connectivity index (χ4n) is 7.92. The van der Waals surface area contributed by atoms with E-state index in [0.29, 0.717) is 0 Å². The van der Waals surface area contributed by atoms with E-state index in [2.05, 4.69) is 9.50 Å². The van der Waals surface area contributed by atoms with Crippen LogP contribution in [-0.2, 0) is 71.6 Å². The molecule has 1 unspecified atom stereocenters. The number of aliphatic hydroxyl groups excluding tert-OH is 14. The predicted molar refractivity (Wildman–Crippen MR) is 200 cm³/mol. The maximum Gasteiger partial charge on any atom is 0.397 e. The van der Waals surface area contributed by atoms with Gasteiger partial charge in [-0.2, -0.15) is 8.42 Å². The lowest BCUT2D eigenvalue weighted by Crippen LogP contribution is -2.69. The summed E-state index contributed by atoms with van der Waals surface area (Å²) in [5.41, 5.74) is 0. The minimum Gasteiger partial charge on any atom is -0.479 e. The number of carbonyl (C=O) groups excluding carboxylic acids is 1. The second-order valence-electron chi connectivity index (χ2n) is 16.2. The fourth-order valence-corrected chi connectivity index (χ4v) is 8.43. The van der Waals surface area contributed by atoms with Crippen LogP contribution in [0.3, 0.4) is 0 Å². The van der Waals surface area contributed by atoms with Crippen LogP contribution in [0.2, 0.25) is 0 Å². The molecule has 0 saturated carbocycles. The number of ether oxygens (including phenoxy) is 9. The van der Waals surface area contributed by atoms with E-state index in [4.69, 9.17) is 42.6 Å². The van der Waals surface area contributed by atoms with Crippen molar-refractivity contribution in [2.45, 2.75) is 166 Å². The van der Waals surface area contributed by atoms with Gasteiger partial charge in [-0.1, -0.05) is 0 Å². The molecule has 5 saturated heterocycles. The zero-order valence-electron chi connectivity index (χ0n) is 35.0. The highest BCUT2D eigenvalue weighted by Crippen LogP contribution is 2.37. The molecule has 18 N–H and O–H groups in total. The number of aliphatic carboxylic acids is 2. The van der Waals surface area contributed by atoms with Gasteiger partial charge in [0.25, 0.3) is 5.79 Å². The first-order valence-electron chi connectivity index (χ1n) is 20.3. The standard InChI is InChI=1S/C34H55NO32S/c1-7(38)35-13-8(39)2-34(33(53)54,66-23(13)14(41)9(40)3-36)59-6-12-17(44)25(20(47)30(62-12)61-11-5-58-29(52)18(45)15(11)42)63-31-21(48)24(16(43)10(4-37)60-31)64-32-22(49)26(67-68(55,56)57)19(46)27(65-32)28(50)51/h8-27,29-32,36-37,39-49,52H,2-6H2,1H3,(H,35,38)(H,50,51)(H,53,54)(H,55,56,57)/t8-,9+,10+,11+,12+,13+,14+,15-,16-,17-,18+,19-,20+,21+,22+,23+,24-,25-,26-,27-,29?,30+,31-,32+,34+/m0/s1. The van der Waals surface area contributed by atoms with Crippen molar-refractivity contribution in [3.05, 3.63) is 0 Å². The molecule has 25 atom stereocenters. The van der Waals surface area contributed by atoms with Crippen molar-refractivity contribution in [2.24, 2.45) is 0 Å². The van der Waals surface area contributed by atoms with Crippen LogP contribution < -0.4 is 5.32 Å². The van der Waals surface area contributed by atoms with Crippen LogP contribution in [-0.4, -0.2) is 292 Å². The van der Waals surface area contributed by atoms with Gasteiger partial charge in [-0.3, -0.25) is 9.35 Å². The third kappa shape index (κ3) is 12.3. The molecule has 0 aliphatic carbocycles. The normalized spacial score (nSPS) is 45.8. The summed E-state index contributed by atoms with van der Waals surface area (Å²) in [7, 11) is -5.53. The van der Waals surface area contributed by atoms with Gasteiger partial charge in [0.15, 0.2) is 31.3 Å². The molecule has 394 valence electrons. The molecule has 5 aliphatic heterocycles. The number of amides is 1. The Balaban J connectivity index is 1.45. The number of rotatable bonds is 18. The lowest BCUT2D eigenvalue weighted by Gasteiger charge is -2.49. The summed E-state index contributed by atoms with van der Waals surface area (Å²) in [4.78, 5) is 36.7. The Morgan fingerprint density at radius 1 is 0.735 bits per heavy atom. The lowest BCUT2D eigenvalue weighted by molar-refractivity contribution is -0.388. The molecule has 5 aliphatic rings.